The Labute approximate surface area is 83.1 Å². The molecule has 3 heteroatoms. The third-order valence-electron chi connectivity index (χ3n) is 2.13. The molecular formula is C10H13ClO2. The van der Waals surface area contributed by atoms with Gasteiger partial charge in [-0.15, -0.1) is 0 Å². The van der Waals surface area contributed by atoms with Crippen molar-refractivity contribution in [3.05, 3.63) is 27.8 Å². The molecule has 0 radical (unpaired) electrons. The molecule has 0 bridgehead atoms. The highest BCUT2D eigenvalue weighted by atomic mass is 35.5. The first-order chi connectivity index (χ1) is 6.11. The number of ether oxygens (including phenoxy) is 1. The number of aliphatic hydroxyl groups is 1. The minimum absolute atomic E-state index is 0.0103. The summed E-state index contributed by atoms with van der Waals surface area (Å²) in [6.07, 6.45) is 0. The summed E-state index contributed by atoms with van der Waals surface area (Å²) >= 11 is 6.05. The highest BCUT2D eigenvalue weighted by Crippen LogP contribution is 2.33. The Morgan fingerprint density at radius 3 is 2.54 bits per heavy atom. The second-order valence-corrected chi connectivity index (χ2v) is 3.36. The zero-order valence-corrected chi connectivity index (χ0v) is 8.77. The van der Waals surface area contributed by atoms with Crippen LogP contribution in [0.15, 0.2) is 6.07 Å². The fraction of sp³-hybridized carbons (Fsp3) is 0.400. The maximum atomic E-state index is 9.03. The van der Waals surface area contributed by atoms with Crippen molar-refractivity contribution in [2.45, 2.75) is 20.5 Å². The molecule has 0 aliphatic heterocycles. The number of halogens is 1. The van der Waals surface area contributed by atoms with E-state index in [1.54, 1.807) is 7.11 Å². The summed E-state index contributed by atoms with van der Waals surface area (Å²) in [6.45, 7) is 3.79. The second kappa shape index (κ2) is 3.99. The Kier molecular flexibility index (Phi) is 3.17. The molecule has 0 atom stereocenters. The van der Waals surface area contributed by atoms with E-state index in [1.807, 2.05) is 19.9 Å². The average Bonchev–Trinajstić information content (AvgIpc) is 2.12. The summed E-state index contributed by atoms with van der Waals surface area (Å²) in [4.78, 5) is 0. The first-order valence-electron chi connectivity index (χ1n) is 4.05. The zero-order valence-electron chi connectivity index (χ0n) is 8.02. The van der Waals surface area contributed by atoms with Crippen LogP contribution < -0.4 is 4.74 Å². The molecule has 0 amide bonds. The van der Waals surface area contributed by atoms with E-state index < -0.39 is 0 Å². The number of hydrogen-bond acceptors (Lipinski definition) is 2. The molecule has 1 N–H and O–H groups in total. The highest BCUT2D eigenvalue weighted by Gasteiger charge is 2.11. The van der Waals surface area contributed by atoms with Crippen LogP contribution in [0.4, 0.5) is 0 Å². The van der Waals surface area contributed by atoms with Crippen molar-refractivity contribution in [2.24, 2.45) is 0 Å². The number of methoxy groups -OCH3 is 1. The lowest BCUT2D eigenvalue weighted by atomic mass is 10.1. The van der Waals surface area contributed by atoms with Crippen molar-refractivity contribution in [3.8, 4) is 5.75 Å². The molecule has 0 heterocycles. The molecule has 0 aliphatic carbocycles. The van der Waals surface area contributed by atoms with Crippen molar-refractivity contribution >= 4 is 11.6 Å². The van der Waals surface area contributed by atoms with Gasteiger partial charge in [-0.3, -0.25) is 0 Å². The van der Waals surface area contributed by atoms with E-state index in [0.717, 1.165) is 16.7 Å². The van der Waals surface area contributed by atoms with Crippen LogP contribution in [0.3, 0.4) is 0 Å². The summed E-state index contributed by atoms with van der Waals surface area (Å²) < 4.78 is 5.14. The molecular weight excluding hydrogens is 188 g/mol. The Bertz CT molecular complexity index is 321. The molecule has 0 saturated heterocycles. The van der Waals surface area contributed by atoms with E-state index >= 15 is 0 Å². The average molecular weight is 201 g/mol. The predicted octanol–water partition coefficient (Wildman–Crippen LogP) is 2.46. The standard InChI is InChI=1S/C10H13ClO2/c1-6-4-8(5-12)7(2)9(11)10(6)13-3/h4,12H,5H2,1-3H3. The first kappa shape index (κ1) is 10.4. The molecule has 0 unspecified atom stereocenters. The van der Waals surface area contributed by atoms with E-state index in [2.05, 4.69) is 0 Å². The van der Waals surface area contributed by atoms with Crippen LogP contribution in [-0.2, 0) is 6.61 Å². The van der Waals surface area contributed by atoms with Crippen molar-refractivity contribution < 1.29 is 9.84 Å². The summed E-state index contributed by atoms with van der Waals surface area (Å²) in [5, 5.41) is 9.62. The van der Waals surface area contributed by atoms with E-state index in [4.69, 9.17) is 21.4 Å². The number of aliphatic hydroxyl groups excluding tert-OH is 1. The highest BCUT2D eigenvalue weighted by molar-refractivity contribution is 6.33. The van der Waals surface area contributed by atoms with Crippen LogP contribution in [0, 0.1) is 13.8 Å². The lowest BCUT2D eigenvalue weighted by Gasteiger charge is -2.12. The van der Waals surface area contributed by atoms with Crippen LogP contribution in [0.1, 0.15) is 16.7 Å². The predicted molar refractivity (Wildman–Crippen MR) is 53.4 cm³/mol. The fourth-order valence-electron chi connectivity index (χ4n) is 1.33. The molecule has 0 fully saturated rings. The van der Waals surface area contributed by atoms with E-state index in [1.165, 1.54) is 0 Å². The Morgan fingerprint density at radius 2 is 2.08 bits per heavy atom. The van der Waals surface area contributed by atoms with Crippen molar-refractivity contribution in [3.63, 3.8) is 0 Å². The van der Waals surface area contributed by atoms with Crippen LogP contribution in [-0.4, -0.2) is 12.2 Å². The smallest absolute Gasteiger partial charge is 0.140 e. The Balaban J connectivity index is 3.37. The Morgan fingerprint density at radius 1 is 1.46 bits per heavy atom. The van der Waals surface area contributed by atoms with E-state index in [9.17, 15) is 0 Å². The summed E-state index contributed by atoms with van der Waals surface area (Å²) in [6, 6.07) is 1.89. The van der Waals surface area contributed by atoms with Gasteiger partial charge in [-0.1, -0.05) is 11.6 Å². The molecule has 13 heavy (non-hydrogen) atoms. The van der Waals surface area contributed by atoms with E-state index in [0.29, 0.717) is 10.8 Å². The monoisotopic (exact) mass is 200 g/mol. The minimum atomic E-state index is 0.0103. The molecule has 1 aromatic rings. The maximum absolute atomic E-state index is 9.03. The van der Waals surface area contributed by atoms with Gasteiger partial charge in [-0.2, -0.15) is 0 Å². The van der Waals surface area contributed by atoms with Gasteiger partial charge in [0.2, 0.25) is 0 Å². The lowest BCUT2D eigenvalue weighted by Crippen LogP contribution is -1.96. The normalized spacial score (nSPS) is 10.2. The minimum Gasteiger partial charge on any atom is -0.495 e. The number of rotatable bonds is 2. The van der Waals surface area contributed by atoms with Crippen LogP contribution >= 0.6 is 11.6 Å². The quantitative estimate of drug-likeness (QED) is 0.795. The number of hydrogen-bond donors (Lipinski definition) is 1. The van der Waals surface area contributed by atoms with Crippen LogP contribution in [0.2, 0.25) is 5.02 Å². The largest absolute Gasteiger partial charge is 0.495 e. The molecule has 0 spiro atoms. The van der Waals surface area contributed by atoms with Crippen molar-refractivity contribution in [1.82, 2.24) is 0 Å². The van der Waals surface area contributed by atoms with Gasteiger partial charge in [-0.25, -0.2) is 0 Å². The molecule has 2 nitrogen and oxygen atoms in total. The number of benzene rings is 1. The number of aryl methyl sites for hydroxylation is 1. The summed E-state index contributed by atoms with van der Waals surface area (Å²) in [7, 11) is 1.59. The van der Waals surface area contributed by atoms with Crippen LogP contribution in [0.5, 0.6) is 5.75 Å². The van der Waals surface area contributed by atoms with Crippen LogP contribution in [0.25, 0.3) is 0 Å². The van der Waals surface area contributed by atoms with E-state index in [-0.39, 0.29) is 6.61 Å². The fourth-order valence-corrected chi connectivity index (χ4v) is 1.68. The molecule has 1 aromatic carbocycles. The van der Waals surface area contributed by atoms with Gasteiger partial charge in [0.25, 0.3) is 0 Å². The summed E-state index contributed by atoms with van der Waals surface area (Å²) in [5.41, 5.74) is 2.68. The maximum Gasteiger partial charge on any atom is 0.140 e. The third kappa shape index (κ3) is 1.79. The lowest BCUT2D eigenvalue weighted by molar-refractivity contribution is 0.280. The molecule has 72 valence electrons. The third-order valence-corrected chi connectivity index (χ3v) is 2.59. The van der Waals surface area contributed by atoms with Gasteiger partial charge in [-0.05, 0) is 36.6 Å². The zero-order chi connectivity index (χ0) is 10.0. The molecule has 0 saturated carbocycles. The second-order valence-electron chi connectivity index (χ2n) is 2.98. The molecule has 0 aromatic heterocycles. The van der Waals surface area contributed by atoms with Gasteiger partial charge >= 0.3 is 0 Å². The SMILES string of the molecule is COc1c(C)cc(CO)c(C)c1Cl. The van der Waals surface area contributed by atoms with Gasteiger partial charge in [0.1, 0.15) is 5.75 Å². The van der Waals surface area contributed by atoms with Gasteiger partial charge in [0.05, 0.1) is 18.7 Å². The van der Waals surface area contributed by atoms with Gasteiger partial charge in [0, 0.05) is 0 Å². The Hall–Kier alpha value is -0.730. The first-order valence-corrected chi connectivity index (χ1v) is 4.43. The topological polar surface area (TPSA) is 29.5 Å². The molecule has 0 aliphatic rings. The molecule has 1 rings (SSSR count). The van der Waals surface area contributed by atoms with Gasteiger partial charge in [0.15, 0.2) is 0 Å². The van der Waals surface area contributed by atoms with Gasteiger partial charge < -0.3 is 9.84 Å². The van der Waals surface area contributed by atoms with Crippen molar-refractivity contribution in [1.29, 1.82) is 0 Å². The summed E-state index contributed by atoms with van der Waals surface area (Å²) in [5.74, 6) is 0.691. The van der Waals surface area contributed by atoms with Crippen molar-refractivity contribution in [2.75, 3.05) is 7.11 Å².